The normalized spacial score (nSPS) is 10.3. The van der Waals surface area contributed by atoms with Gasteiger partial charge in [0.2, 0.25) is 5.89 Å². The maximum absolute atomic E-state index is 5.04. The number of aromatic nitrogens is 3. The van der Waals surface area contributed by atoms with Crippen LogP contribution < -0.4 is 10.6 Å². The van der Waals surface area contributed by atoms with Crippen LogP contribution in [0, 0.1) is 6.92 Å². The van der Waals surface area contributed by atoms with Gasteiger partial charge < -0.3 is 15.2 Å². The average Bonchev–Trinajstić information content (AvgIpc) is 2.76. The zero-order valence-corrected chi connectivity index (χ0v) is 10.6. The second-order valence-electron chi connectivity index (χ2n) is 3.90. The molecule has 0 bridgehead atoms. The Kier molecular flexibility index (Phi) is 4.11. The molecule has 0 aromatic carbocycles. The Morgan fingerprint density at radius 1 is 1.22 bits per heavy atom. The molecule has 0 aliphatic rings. The summed E-state index contributed by atoms with van der Waals surface area (Å²) in [6.45, 7) is 5.48. The molecule has 0 amide bonds. The van der Waals surface area contributed by atoms with Crippen LogP contribution in [0.3, 0.4) is 0 Å². The van der Waals surface area contributed by atoms with Crippen molar-refractivity contribution < 1.29 is 4.52 Å². The summed E-state index contributed by atoms with van der Waals surface area (Å²) in [5, 5.41) is 10.2. The van der Waals surface area contributed by atoms with Gasteiger partial charge in [0, 0.05) is 19.5 Å². The predicted molar refractivity (Wildman–Crippen MR) is 69.6 cm³/mol. The molecule has 6 heteroatoms. The largest absolute Gasteiger partial charge is 0.384 e. The van der Waals surface area contributed by atoms with Gasteiger partial charge in [0.15, 0.2) is 5.82 Å². The lowest BCUT2D eigenvalue weighted by Gasteiger charge is -2.07. The van der Waals surface area contributed by atoms with Gasteiger partial charge in [-0.15, -0.1) is 0 Å². The van der Waals surface area contributed by atoms with E-state index in [1.807, 2.05) is 13.0 Å². The summed E-state index contributed by atoms with van der Waals surface area (Å²) in [5.74, 6) is 1.32. The van der Waals surface area contributed by atoms with E-state index < -0.39 is 0 Å². The maximum Gasteiger partial charge on any atom is 0.228 e. The lowest BCUT2D eigenvalue weighted by molar-refractivity contribution is 0.377. The molecule has 0 atom stereocenters. The van der Waals surface area contributed by atoms with Gasteiger partial charge >= 0.3 is 0 Å². The summed E-state index contributed by atoms with van der Waals surface area (Å²) in [5.41, 5.74) is 1.99. The van der Waals surface area contributed by atoms with E-state index in [9.17, 15) is 0 Å². The molecule has 2 heterocycles. The first-order chi connectivity index (χ1) is 8.78. The van der Waals surface area contributed by atoms with Crippen molar-refractivity contribution in [3.63, 3.8) is 0 Å². The molecule has 2 aromatic heterocycles. The lowest BCUT2D eigenvalue weighted by Crippen LogP contribution is -2.06. The Morgan fingerprint density at radius 2 is 2.00 bits per heavy atom. The topological polar surface area (TPSA) is 75.9 Å². The monoisotopic (exact) mass is 247 g/mol. The van der Waals surface area contributed by atoms with E-state index in [0.29, 0.717) is 18.1 Å². The Labute approximate surface area is 106 Å². The van der Waals surface area contributed by atoms with E-state index in [1.165, 1.54) is 0 Å². The number of hydrogen-bond acceptors (Lipinski definition) is 6. The highest BCUT2D eigenvalue weighted by molar-refractivity contribution is 5.53. The fourth-order valence-electron chi connectivity index (χ4n) is 1.59. The van der Waals surface area contributed by atoms with Crippen molar-refractivity contribution >= 4 is 11.4 Å². The lowest BCUT2D eigenvalue weighted by atomic mass is 10.3. The summed E-state index contributed by atoms with van der Waals surface area (Å²) < 4.78 is 5.04. The molecule has 0 spiro atoms. The van der Waals surface area contributed by atoms with E-state index in [-0.39, 0.29) is 0 Å². The second kappa shape index (κ2) is 6.00. The summed E-state index contributed by atoms with van der Waals surface area (Å²) in [6, 6.07) is 2.02. The molecule has 2 aromatic rings. The predicted octanol–water partition coefficient (Wildman–Crippen LogP) is 1.86. The van der Waals surface area contributed by atoms with E-state index >= 15 is 0 Å². The quantitative estimate of drug-likeness (QED) is 0.811. The number of rotatable bonds is 6. The molecule has 0 radical (unpaired) electrons. The molecule has 2 N–H and O–H groups in total. The Morgan fingerprint density at radius 3 is 2.67 bits per heavy atom. The average molecular weight is 247 g/mol. The van der Waals surface area contributed by atoms with Crippen LogP contribution >= 0.6 is 0 Å². The molecule has 2 rings (SSSR count). The third-order valence-electron chi connectivity index (χ3n) is 2.36. The summed E-state index contributed by atoms with van der Waals surface area (Å²) in [6.07, 6.45) is 4.29. The summed E-state index contributed by atoms with van der Waals surface area (Å²) in [7, 11) is 0. The number of hydrogen-bond donors (Lipinski definition) is 2. The first-order valence-electron chi connectivity index (χ1n) is 6.00. The van der Waals surface area contributed by atoms with Gasteiger partial charge in [-0.25, -0.2) is 0 Å². The molecule has 0 unspecified atom stereocenters. The molecule has 0 fully saturated rings. The molecular formula is C12H17N5O. The van der Waals surface area contributed by atoms with E-state index in [2.05, 4.69) is 32.7 Å². The van der Waals surface area contributed by atoms with E-state index in [0.717, 1.165) is 24.5 Å². The van der Waals surface area contributed by atoms with E-state index in [1.54, 1.807) is 12.4 Å². The minimum atomic E-state index is 0.649. The molecular weight excluding hydrogens is 230 g/mol. The Bertz CT molecular complexity index is 497. The van der Waals surface area contributed by atoms with Crippen molar-refractivity contribution in [2.24, 2.45) is 0 Å². The maximum atomic E-state index is 5.04. The third kappa shape index (κ3) is 3.44. The van der Waals surface area contributed by atoms with Crippen molar-refractivity contribution in [1.29, 1.82) is 0 Å². The first-order valence-corrected chi connectivity index (χ1v) is 6.00. The zero-order chi connectivity index (χ0) is 12.8. The molecule has 0 saturated carbocycles. The van der Waals surface area contributed by atoms with Crippen LogP contribution in [0.2, 0.25) is 0 Å². The third-order valence-corrected chi connectivity index (χ3v) is 2.36. The van der Waals surface area contributed by atoms with E-state index in [4.69, 9.17) is 4.52 Å². The van der Waals surface area contributed by atoms with Crippen LogP contribution in [0.5, 0.6) is 0 Å². The smallest absolute Gasteiger partial charge is 0.228 e. The minimum Gasteiger partial charge on any atom is -0.384 e. The summed E-state index contributed by atoms with van der Waals surface area (Å²) in [4.78, 5) is 8.30. The van der Waals surface area contributed by atoms with Crippen molar-refractivity contribution in [3.05, 3.63) is 30.2 Å². The fourth-order valence-corrected chi connectivity index (χ4v) is 1.59. The van der Waals surface area contributed by atoms with Gasteiger partial charge in [0.25, 0.3) is 0 Å². The van der Waals surface area contributed by atoms with Crippen LogP contribution in [0.1, 0.15) is 18.6 Å². The Balaban J connectivity index is 1.84. The van der Waals surface area contributed by atoms with Crippen LogP contribution in [0.4, 0.5) is 11.4 Å². The molecule has 0 aliphatic carbocycles. The highest BCUT2D eigenvalue weighted by Gasteiger charge is 2.02. The van der Waals surface area contributed by atoms with Gasteiger partial charge in [0.05, 0.1) is 23.8 Å². The summed E-state index contributed by atoms with van der Waals surface area (Å²) >= 11 is 0. The number of anilines is 2. The van der Waals surface area contributed by atoms with Crippen molar-refractivity contribution in [2.45, 2.75) is 20.3 Å². The van der Waals surface area contributed by atoms with Gasteiger partial charge in [0.1, 0.15) is 0 Å². The van der Waals surface area contributed by atoms with Crippen molar-refractivity contribution in [3.8, 4) is 0 Å². The SMILES string of the molecule is CCNc1cncc(NCCc2nc(C)no2)c1. The van der Waals surface area contributed by atoms with Crippen LogP contribution in [-0.2, 0) is 6.42 Å². The van der Waals surface area contributed by atoms with Crippen LogP contribution in [-0.4, -0.2) is 28.2 Å². The second-order valence-corrected chi connectivity index (χ2v) is 3.90. The number of nitrogens with zero attached hydrogens (tertiary/aromatic N) is 3. The van der Waals surface area contributed by atoms with Crippen LogP contribution in [0.25, 0.3) is 0 Å². The highest BCUT2D eigenvalue weighted by atomic mass is 16.5. The van der Waals surface area contributed by atoms with Gasteiger partial charge in [-0.3, -0.25) is 4.98 Å². The molecule has 6 nitrogen and oxygen atoms in total. The molecule has 0 aliphatic heterocycles. The highest BCUT2D eigenvalue weighted by Crippen LogP contribution is 2.12. The van der Waals surface area contributed by atoms with Gasteiger partial charge in [-0.1, -0.05) is 5.16 Å². The molecule has 18 heavy (non-hydrogen) atoms. The zero-order valence-electron chi connectivity index (χ0n) is 10.6. The van der Waals surface area contributed by atoms with Gasteiger partial charge in [-0.05, 0) is 19.9 Å². The fraction of sp³-hybridized carbons (Fsp3) is 0.417. The van der Waals surface area contributed by atoms with Crippen molar-refractivity contribution in [2.75, 3.05) is 23.7 Å². The van der Waals surface area contributed by atoms with Gasteiger partial charge in [-0.2, -0.15) is 4.98 Å². The first kappa shape index (κ1) is 12.3. The van der Waals surface area contributed by atoms with Crippen LogP contribution in [0.15, 0.2) is 23.0 Å². The standard InChI is InChI=1S/C12H17N5O/c1-3-14-10-6-11(8-13-7-10)15-5-4-12-16-9(2)17-18-12/h6-8,14-15H,3-5H2,1-2H3. The van der Waals surface area contributed by atoms with Crippen molar-refractivity contribution in [1.82, 2.24) is 15.1 Å². The number of nitrogens with one attached hydrogen (secondary N) is 2. The molecule has 96 valence electrons. The number of pyridine rings is 1. The Hall–Kier alpha value is -2.11. The molecule has 0 saturated heterocycles. The number of aryl methyl sites for hydroxylation is 1. The minimum absolute atomic E-state index is 0.649.